The molecule has 0 heterocycles. The highest BCUT2D eigenvalue weighted by Gasteiger charge is 2.23. The summed E-state index contributed by atoms with van der Waals surface area (Å²) >= 11 is 0. The fraction of sp³-hybridized carbons (Fsp3) is 0.350. The number of hydrogen-bond acceptors (Lipinski definition) is 5. The molecule has 0 saturated carbocycles. The van der Waals surface area contributed by atoms with Crippen molar-refractivity contribution in [1.82, 2.24) is 5.32 Å². The van der Waals surface area contributed by atoms with Gasteiger partial charge in [0.05, 0.1) is 22.9 Å². The molecule has 0 saturated heterocycles. The van der Waals surface area contributed by atoms with Gasteiger partial charge in [-0.05, 0) is 56.0 Å². The van der Waals surface area contributed by atoms with Crippen LogP contribution in [0.1, 0.15) is 35.2 Å². The summed E-state index contributed by atoms with van der Waals surface area (Å²) < 4.78 is 25.3. The number of carbonyl (C=O) groups excluding carboxylic acids is 1. The van der Waals surface area contributed by atoms with E-state index in [1.807, 2.05) is 39.8 Å². The lowest BCUT2D eigenvalue weighted by atomic mass is 9.96. The lowest BCUT2D eigenvalue weighted by Gasteiger charge is -2.24. The van der Waals surface area contributed by atoms with Crippen molar-refractivity contribution in [2.75, 3.05) is 17.1 Å². The molecule has 8 nitrogen and oxygen atoms in total. The molecule has 0 radical (unpaired) electrons. The molecule has 0 unspecified atom stereocenters. The molecule has 0 spiro atoms. The zero-order valence-electron chi connectivity index (χ0n) is 17.1. The molecule has 156 valence electrons. The van der Waals surface area contributed by atoms with E-state index in [1.165, 1.54) is 18.2 Å². The van der Waals surface area contributed by atoms with E-state index in [0.717, 1.165) is 38.9 Å². The minimum Gasteiger partial charge on any atom is -0.348 e. The molecule has 1 amide bonds. The predicted molar refractivity (Wildman–Crippen MR) is 112 cm³/mol. The quantitative estimate of drug-likeness (QED) is 0.548. The van der Waals surface area contributed by atoms with Gasteiger partial charge in [0.25, 0.3) is 5.69 Å². The van der Waals surface area contributed by atoms with Gasteiger partial charge in [0.15, 0.2) is 0 Å². The topological polar surface area (TPSA) is 110 Å². The van der Waals surface area contributed by atoms with Crippen molar-refractivity contribution in [2.45, 2.75) is 33.7 Å². The number of sulfonamides is 1. The largest absolute Gasteiger partial charge is 0.348 e. The van der Waals surface area contributed by atoms with E-state index in [9.17, 15) is 23.3 Å². The highest BCUT2D eigenvalue weighted by Crippen LogP contribution is 2.24. The number of aryl methyl sites for hydroxylation is 3. The lowest BCUT2D eigenvalue weighted by Crippen LogP contribution is -2.41. The zero-order valence-corrected chi connectivity index (χ0v) is 17.9. The number of nitrogens with zero attached hydrogens (tertiary/aromatic N) is 2. The van der Waals surface area contributed by atoms with Gasteiger partial charge in [0.2, 0.25) is 15.9 Å². The van der Waals surface area contributed by atoms with Crippen molar-refractivity contribution < 1.29 is 18.1 Å². The zero-order chi connectivity index (χ0) is 21.9. The molecule has 0 aliphatic heterocycles. The van der Waals surface area contributed by atoms with Crippen LogP contribution in [0.5, 0.6) is 0 Å². The predicted octanol–water partition coefficient (Wildman–Crippen LogP) is 3.16. The molecule has 0 aromatic heterocycles. The van der Waals surface area contributed by atoms with Crippen LogP contribution in [0.25, 0.3) is 0 Å². The van der Waals surface area contributed by atoms with Crippen LogP contribution in [0.3, 0.4) is 0 Å². The molecule has 0 bridgehead atoms. The first kappa shape index (κ1) is 22.4. The summed E-state index contributed by atoms with van der Waals surface area (Å²) in [5, 5.41) is 13.8. The van der Waals surface area contributed by atoms with Gasteiger partial charge < -0.3 is 5.32 Å². The standard InChI is InChI=1S/C20H25N3O5S/c1-13-9-15(3)19(10-14(13)2)16(4)21-20(24)12-22(29(5,27)28)17-7-6-8-18(11-17)23(25)26/h6-11,16H,12H2,1-5H3,(H,21,24)/t16-/m0/s1. The Balaban J connectivity index is 2.24. The first-order chi connectivity index (χ1) is 13.4. The molecular formula is C20H25N3O5S. The Bertz CT molecular complexity index is 1050. The fourth-order valence-corrected chi connectivity index (χ4v) is 3.95. The van der Waals surface area contributed by atoms with E-state index < -0.39 is 27.4 Å². The molecule has 2 aromatic carbocycles. The van der Waals surface area contributed by atoms with Crippen LogP contribution >= 0.6 is 0 Å². The van der Waals surface area contributed by atoms with Crippen LogP contribution in [0, 0.1) is 30.9 Å². The van der Waals surface area contributed by atoms with Crippen molar-refractivity contribution in [2.24, 2.45) is 0 Å². The highest BCUT2D eigenvalue weighted by atomic mass is 32.2. The normalized spacial score (nSPS) is 12.3. The third kappa shape index (κ3) is 5.54. The molecule has 0 aliphatic carbocycles. The number of rotatable bonds is 7. The van der Waals surface area contributed by atoms with Gasteiger partial charge in [-0.1, -0.05) is 18.2 Å². The van der Waals surface area contributed by atoms with E-state index in [4.69, 9.17) is 0 Å². The Morgan fingerprint density at radius 2 is 1.76 bits per heavy atom. The average molecular weight is 420 g/mol. The summed E-state index contributed by atoms with van der Waals surface area (Å²) in [6.45, 7) is 7.30. The van der Waals surface area contributed by atoms with E-state index in [-0.39, 0.29) is 17.4 Å². The van der Waals surface area contributed by atoms with Gasteiger partial charge in [0, 0.05) is 12.1 Å². The summed E-state index contributed by atoms with van der Waals surface area (Å²) in [7, 11) is -3.83. The molecule has 0 fully saturated rings. The van der Waals surface area contributed by atoms with Gasteiger partial charge in [-0.25, -0.2) is 8.42 Å². The number of nitrogens with one attached hydrogen (secondary N) is 1. The van der Waals surface area contributed by atoms with Gasteiger partial charge in [-0.2, -0.15) is 0 Å². The number of nitro groups is 1. The average Bonchev–Trinajstić information content (AvgIpc) is 2.61. The van der Waals surface area contributed by atoms with Crippen LogP contribution in [-0.2, 0) is 14.8 Å². The molecular weight excluding hydrogens is 394 g/mol. The maximum absolute atomic E-state index is 12.6. The van der Waals surface area contributed by atoms with E-state index in [2.05, 4.69) is 5.32 Å². The Labute approximate surface area is 170 Å². The third-order valence-electron chi connectivity index (χ3n) is 4.74. The van der Waals surface area contributed by atoms with Crippen molar-refractivity contribution in [3.05, 3.63) is 68.8 Å². The summed E-state index contributed by atoms with van der Waals surface area (Å²) in [4.78, 5) is 23.0. The van der Waals surface area contributed by atoms with Crippen molar-refractivity contribution in [3.8, 4) is 0 Å². The Morgan fingerprint density at radius 3 is 2.34 bits per heavy atom. The van der Waals surface area contributed by atoms with Crippen LogP contribution in [0.2, 0.25) is 0 Å². The van der Waals surface area contributed by atoms with E-state index >= 15 is 0 Å². The Hall–Kier alpha value is -2.94. The number of hydrogen-bond donors (Lipinski definition) is 1. The first-order valence-corrected chi connectivity index (χ1v) is 10.8. The maximum atomic E-state index is 12.6. The minimum atomic E-state index is -3.83. The number of benzene rings is 2. The number of carbonyl (C=O) groups is 1. The van der Waals surface area contributed by atoms with Gasteiger partial charge in [-0.15, -0.1) is 0 Å². The molecule has 0 aliphatic rings. The molecule has 1 atom stereocenters. The Kier molecular flexibility index (Phi) is 6.63. The number of amides is 1. The second kappa shape index (κ2) is 8.60. The fourth-order valence-electron chi connectivity index (χ4n) is 3.11. The SMILES string of the molecule is Cc1cc(C)c([C@H](C)NC(=O)CN(c2cccc([N+](=O)[O-])c2)S(C)(=O)=O)cc1C. The Morgan fingerprint density at radius 1 is 1.14 bits per heavy atom. The van der Waals surface area contributed by atoms with Gasteiger partial charge in [-0.3, -0.25) is 19.2 Å². The summed E-state index contributed by atoms with van der Waals surface area (Å²) in [5.41, 5.74) is 4.03. The van der Waals surface area contributed by atoms with Crippen molar-refractivity contribution in [1.29, 1.82) is 0 Å². The second-order valence-corrected chi connectivity index (χ2v) is 9.04. The first-order valence-electron chi connectivity index (χ1n) is 8.99. The minimum absolute atomic E-state index is 0.0619. The van der Waals surface area contributed by atoms with E-state index in [0.29, 0.717) is 0 Å². The summed E-state index contributed by atoms with van der Waals surface area (Å²) in [5.74, 6) is -0.507. The van der Waals surface area contributed by atoms with Crippen LogP contribution in [0.15, 0.2) is 36.4 Å². The van der Waals surface area contributed by atoms with Crippen molar-refractivity contribution in [3.63, 3.8) is 0 Å². The summed E-state index contributed by atoms with van der Waals surface area (Å²) in [6.07, 6.45) is 0.954. The molecule has 29 heavy (non-hydrogen) atoms. The third-order valence-corrected chi connectivity index (χ3v) is 5.88. The van der Waals surface area contributed by atoms with Crippen LogP contribution < -0.4 is 9.62 Å². The van der Waals surface area contributed by atoms with E-state index in [1.54, 1.807) is 0 Å². The maximum Gasteiger partial charge on any atom is 0.271 e. The van der Waals surface area contributed by atoms with Gasteiger partial charge in [0.1, 0.15) is 6.54 Å². The molecule has 9 heteroatoms. The number of anilines is 1. The molecule has 2 rings (SSSR count). The second-order valence-electron chi connectivity index (χ2n) is 7.13. The van der Waals surface area contributed by atoms with Crippen molar-refractivity contribution >= 4 is 27.3 Å². The van der Waals surface area contributed by atoms with Gasteiger partial charge >= 0.3 is 0 Å². The summed E-state index contributed by atoms with van der Waals surface area (Å²) in [6, 6.07) is 8.90. The van der Waals surface area contributed by atoms with Crippen LogP contribution in [0.4, 0.5) is 11.4 Å². The number of nitro benzene ring substituents is 1. The smallest absolute Gasteiger partial charge is 0.271 e. The van der Waals surface area contributed by atoms with Crippen LogP contribution in [-0.4, -0.2) is 32.0 Å². The monoisotopic (exact) mass is 419 g/mol. The molecule has 2 aromatic rings. The molecule has 1 N–H and O–H groups in total. The lowest BCUT2D eigenvalue weighted by molar-refractivity contribution is -0.384. The highest BCUT2D eigenvalue weighted by molar-refractivity contribution is 7.92. The number of non-ortho nitro benzene ring substituents is 1.